The molecule has 1 aliphatic heterocycles. The minimum absolute atomic E-state index is 0.392. The SMILES string of the molecule is CC1CCCS(=O)(=O)C1. The highest BCUT2D eigenvalue weighted by Gasteiger charge is 2.20. The van der Waals surface area contributed by atoms with Gasteiger partial charge in [-0.15, -0.1) is 0 Å². The van der Waals surface area contributed by atoms with Gasteiger partial charge < -0.3 is 0 Å². The molecule has 0 aliphatic carbocycles. The Morgan fingerprint density at radius 2 is 2.11 bits per heavy atom. The van der Waals surface area contributed by atoms with Crippen molar-refractivity contribution in [1.82, 2.24) is 0 Å². The van der Waals surface area contributed by atoms with Crippen molar-refractivity contribution >= 4 is 9.84 Å². The zero-order chi connectivity index (χ0) is 6.91. The first-order chi connectivity index (χ1) is 4.10. The Kier molecular flexibility index (Phi) is 1.80. The predicted molar refractivity (Wildman–Crippen MR) is 37.1 cm³/mol. The number of hydrogen-bond acceptors (Lipinski definition) is 2. The fourth-order valence-electron chi connectivity index (χ4n) is 1.25. The summed E-state index contributed by atoms with van der Waals surface area (Å²) in [6.45, 7) is 2.00. The van der Waals surface area contributed by atoms with Crippen LogP contribution in [0.2, 0.25) is 0 Å². The fourth-order valence-corrected chi connectivity index (χ4v) is 3.06. The molecule has 1 unspecified atom stereocenters. The Balaban J connectivity index is 2.62. The van der Waals surface area contributed by atoms with Crippen molar-refractivity contribution in [2.24, 2.45) is 5.92 Å². The summed E-state index contributed by atoms with van der Waals surface area (Å²) in [5.41, 5.74) is 0. The highest BCUT2D eigenvalue weighted by Crippen LogP contribution is 2.16. The number of sulfone groups is 1. The van der Waals surface area contributed by atoms with Crippen LogP contribution in [0, 0.1) is 5.92 Å². The molecule has 0 aromatic rings. The van der Waals surface area contributed by atoms with Gasteiger partial charge in [0.2, 0.25) is 0 Å². The number of rotatable bonds is 0. The van der Waals surface area contributed by atoms with Crippen LogP contribution in [0.1, 0.15) is 19.8 Å². The molecule has 1 rings (SSSR count). The van der Waals surface area contributed by atoms with Crippen molar-refractivity contribution < 1.29 is 8.42 Å². The van der Waals surface area contributed by atoms with Crippen LogP contribution in [0.4, 0.5) is 0 Å². The molecule has 1 fully saturated rings. The van der Waals surface area contributed by atoms with Gasteiger partial charge in [0.1, 0.15) is 0 Å². The van der Waals surface area contributed by atoms with Crippen LogP contribution in [0.5, 0.6) is 0 Å². The molecule has 3 heteroatoms. The molecular weight excluding hydrogens is 136 g/mol. The maximum absolute atomic E-state index is 10.9. The van der Waals surface area contributed by atoms with E-state index in [-0.39, 0.29) is 0 Å². The summed E-state index contributed by atoms with van der Waals surface area (Å²) >= 11 is 0. The fraction of sp³-hybridized carbons (Fsp3) is 1.00. The molecular formula is C6H12O2S. The van der Waals surface area contributed by atoms with Gasteiger partial charge in [-0.25, -0.2) is 8.42 Å². The smallest absolute Gasteiger partial charge is 0.150 e. The van der Waals surface area contributed by atoms with E-state index in [1.54, 1.807) is 0 Å². The van der Waals surface area contributed by atoms with Crippen molar-refractivity contribution in [2.75, 3.05) is 11.5 Å². The van der Waals surface area contributed by atoms with Gasteiger partial charge in [-0.3, -0.25) is 0 Å². The van der Waals surface area contributed by atoms with Crippen LogP contribution >= 0.6 is 0 Å². The van der Waals surface area contributed by atoms with E-state index < -0.39 is 9.84 Å². The van der Waals surface area contributed by atoms with Crippen LogP contribution in [-0.2, 0) is 9.84 Å². The quantitative estimate of drug-likeness (QED) is 0.510. The summed E-state index contributed by atoms with van der Waals surface area (Å²) in [7, 11) is -2.63. The first-order valence-corrected chi connectivity index (χ1v) is 5.13. The molecule has 2 nitrogen and oxygen atoms in total. The zero-order valence-electron chi connectivity index (χ0n) is 5.63. The molecule has 1 saturated heterocycles. The molecule has 54 valence electrons. The second-order valence-electron chi connectivity index (χ2n) is 2.86. The Bertz CT molecular complexity index is 181. The molecule has 0 aromatic heterocycles. The maximum Gasteiger partial charge on any atom is 0.150 e. The standard InChI is InChI=1S/C6H12O2S/c1-6-3-2-4-9(7,8)5-6/h6H,2-5H2,1H3. The summed E-state index contributed by atoms with van der Waals surface area (Å²) < 4.78 is 21.7. The van der Waals surface area contributed by atoms with E-state index in [4.69, 9.17) is 0 Å². The lowest BCUT2D eigenvalue weighted by molar-refractivity contribution is 0.516. The van der Waals surface area contributed by atoms with Gasteiger partial charge in [0.05, 0.1) is 11.5 Å². The predicted octanol–water partition coefficient (Wildman–Crippen LogP) is 0.831. The molecule has 0 aromatic carbocycles. The van der Waals surface area contributed by atoms with E-state index in [0.29, 0.717) is 17.4 Å². The topological polar surface area (TPSA) is 34.1 Å². The lowest BCUT2D eigenvalue weighted by Crippen LogP contribution is -2.22. The summed E-state index contributed by atoms with van der Waals surface area (Å²) in [6.07, 6.45) is 1.95. The van der Waals surface area contributed by atoms with Crippen LogP contribution in [0.25, 0.3) is 0 Å². The van der Waals surface area contributed by atoms with Crippen molar-refractivity contribution in [2.45, 2.75) is 19.8 Å². The Morgan fingerprint density at radius 1 is 1.44 bits per heavy atom. The third-order valence-corrected chi connectivity index (χ3v) is 3.68. The van der Waals surface area contributed by atoms with Crippen molar-refractivity contribution in [3.05, 3.63) is 0 Å². The zero-order valence-corrected chi connectivity index (χ0v) is 6.45. The van der Waals surface area contributed by atoms with Crippen LogP contribution in [0.3, 0.4) is 0 Å². The third kappa shape index (κ3) is 1.97. The largest absolute Gasteiger partial charge is 0.229 e. The van der Waals surface area contributed by atoms with Gasteiger partial charge in [-0.05, 0) is 18.8 Å². The van der Waals surface area contributed by atoms with Gasteiger partial charge in [0.15, 0.2) is 9.84 Å². The molecule has 0 saturated carbocycles. The second kappa shape index (κ2) is 2.29. The van der Waals surface area contributed by atoms with Gasteiger partial charge >= 0.3 is 0 Å². The minimum atomic E-state index is -2.63. The molecule has 1 atom stereocenters. The average Bonchev–Trinajstić information content (AvgIpc) is 1.60. The van der Waals surface area contributed by atoms with E-state index in [1.807, 2.05) is 6.92 Å². The van der Waals surface area contributed by atoms with Gasteiger partial charge in [0, 0.05) is 0 Å². The molecule has 0 N–H and O–H groups in total. The van der Waals surface area contributed by atoms with Crippen LogP contribution in [-0.4, -0.2) is 19.9 Å². The third-order valence-electron chi connectivity index (χ3n) is 1.69. The van der Waals surface area contributed by atoms with Crippen LogP contribution in [0.15, 0.2) is 0 Å². The van der Waals surface area contributed by atoms with Gasteiger partial charge in [0.25, 0.3) is 0 Å². The number of hydrogen-bond donors (Lipinski definition) is 0. The minimum Gasteiger partial charge on any atom is -0.229 e. The van der Waals surface area contributed by atoms with Crippen molar-refractivity contribution in [3.63, 3.8) is 0 Å². The normalized spacial score (nSPS) is 34.1. The molecule has 1 heterocycles. The van der Waals surface area contributed by atoms with E-state index in [0.717, 1.165) is 12.8 Å². The molecule has 9 heavy (non-hydrogen) atoms. The molecule has 0 amide bonds. The Labute approximate surface area is 56.2 Å². The van der Waals surface area contributed by atoms with Crippen molar-refractivity contribution in [1.29, 1.82) is 0 Å². The lowest BCUT2D eigenvalue weighted by atomic mass is 10.1. The molecule has 0 bridgehead atoms. The Hall–Kier alpha value is -0.0500. The molecule has 1 aliphatic rings. The highest BCUT2D eigenvalue weighted by molar-refractivity contribution is 7.91. The molecule has 0 radical (unpaired) electrons. The van der Waals surface area contributed by atoms with E-state index in [9.17, 15) is 8.42 Å². The summed E-state index contributed by atoms with van der Waals surface area (Å²) in [4.78, 5) is 0. The van der Waals surface area contributed by atoms with Gasteiger partial charge in [-0.2, -0.15) is 0 Å². The highest BCUT2D eigenvalue weighted by atomic mass is 32.2. The monoisotopic (exact) mass is 148 g/mol. The summed E-state index contributed by atoms with van der Waals surface area (Å²) in [5.74, 6) is 1.22. The van der Waals surface area contributed by atoms with Crippen molar-refractivity contribution in [3.8, 4) is 0 Å². The van der Waals surface area contributed by atoms with Crippen LogP contribution < -0.4 is 0 Å². The van der Waals surface area contributed by atoms with Gasteiger partial charge in [-0.1, -0.05) is 6.92 Å². The first kappa shape index (κ1) is 7.06. The van der Waals surface area contributed by atoms with E-state index in [2.05, 4.69) is 0 Å². The molecule has 0 spiro atoms. The van der Waals surface area contributed by atoms with E-state index >= 15 is 0 Å². The average molecular weight is 148 g/mol. The first-order valence-electron chi connectivity index (χ1n) is 3.30. The summed E-state index contributed by atoms with van der Waals surface area (Å²) in [5, 5.41) is 0. The second-order valence-corrected chi connectivity index (χ2v) is 5.09. The summed E-state index contributed by atoms with van der Waals surface area (Å²) in [6, 6.07) is 0. The maximum atomic E-state index is 10.9. The van der Waals surface area contributed by atoms with E-state index in [1.165, 1.54) is 0 Å². The Morgan fingerprint density at radius 3 is 2.44 bits per heavy atom. The lowest BCUT2D eigenvalue weighted by Gasteiger charge is -2.16.